The number of anilines is 2. The largest absolute Gasteiger partial charge is 0.490 e. The lowest BCUT2D eigenvalue weighted by atomic mass is 9.94. The van der Waals surface area contributed by atoms with Crippen molar-refractivity contribution < 1.29 is 18.7 Å². The molecule has 3 N–H and O–H groups in total. The van der Waals surface area contributed by atoms with E-state index in [4.69, 9.17) is 19.3 Å². The predicted molar refractivity (Wildman–Crippen MR) is 120 cm³/mol. The van der Waals surface area contributed by atoms with E-state index in [0.717, 1.165) is 24.0 Å². The van der Waals surface area contributed by atoms with Crippen molar-refractivity contribution in [3.63, 3.8) is 0 Å². The Bertz CT molecular complexity index is 1010. The number of nitrogens with zero attached hydrogens (tertiary/aromatic N) is 2. The van der Waals surface area contributed by atoms with Crippen LogP contribution >= 0.6 is 11.3 Å². The molecule has 10 nitrogen and oxygen atoms in total. The van der Waals surface area contributed by atoms with Crippen LogP contribution in [0, 0.1) is 18.3 Å². The molecule has 2 heterocycles. The summed E-state index contributed by atoms with van der Waals surface area (Å²) in [5, 5.41) is 21.3. The van der Waals surface area contributed by atoms with Crippen LogP contribution in [-0.4, -0.2) is 43.1 Å². The molecule has 2 rings (SSSR count). The van der Waals surface area contributed by atoms with Crippen molar-refractivity contribution in [3.8, 4) is 5.75 Å². The minimum Gasteiger partial charge on any atom is -0.490 e. The number of ether oxygens (including phenoxy) is 2. The molecule has 0 saturated carbocycles. The van der Waals surface area contributed by atoms with Crippen molar-refractivity contribution in [1.29, 1.82) is 5.41 Å². The van der Waals surface area contributed by atoms with Crippen molar-refractivity contribution in [2.75, 3.05) is 31.5 Å². The molecule has 0 bridgehead atoms. The summed E-state index contributed by atoms with van der Waals surface area (Å²) in [5.41, 5.74) is 1.16. The molecule has 1 amide bonds. The first-order chi connectivity index (χ1) is 14.8. The predicted octanol–water partition coefficient (Wildman–Crippen LogP) is 3.24. The highest BCUT2D eigenvalue weighted by Crippen LogP contribution is 2.27. The lowest BCUT2D eigenvalue weighted by Gasteiger charge is -2.16. The van der Waals surface area contributed by atoms with Crippen molar-refractivity contribution in [2.45, 2.75) is 33.6 Å². The van der Waals surface area contributed by atoms with Crippen LogP contribution in [0.4, 0.5) is 10.3 Å². The quantitative estimate of drug-likeness (QED) is 0.444. The topological polar surface area (TPSA) is 139 Å². The molecule has 0 fully saturated rings. The van der Waals surface area contributed by atoms with Gasteiger partial charge in [-0.15, -0.1) is 10.2 Å². The van der Waals surface area contributed by atoms with Crippen LogP contribution in [0.25, 0.3) is 0 Å². The van der Waals surface area contributed by atoms with Crippen LogP contribution in [-0.2, 0) is 11.2 Å². The molecule has 11 heteroatoms. The van der Waals surface area contributed by atoms with E-state index in [1.165, 1.54) is 7.11 Å². The number of carbonyl (C=O) groups excluding carboxylic acids is 1. The SMILES string of the molecule is COCCC(C)Cc1c(C(=O)Nc2nnc(N/C(C)=C\C=N)s2)oc(=O)c(OC)c1C. The van der Waals surface area contributed by atoms with E-state index in [2.05, 4.69) is 20.8 Å². The number of hydrogen-bond acceptors (Lipinski definition) is 10. The molecular formula is C20H27N5O5S. The molecular weight excluding hydrogens is 422 g/mol. The average molecular weight is 450 g/mol. The van der Waals surface area contributed by atoms with Crippen LogP contribution in [0.2, 0.25) is 0 Å². The standard InChI is InChI=1S/C20H27N5O5S/c1-11(7-9-28-4)10-14-13(3)15(29-5)18(27)30-16(14)17(26)23-20-25-24-19(31-20)22-12(2)6-8-21/h6,8,11,21H,7,9-10H2,1-5H3,(H,22,24)(H,23,25,26)/b12-6-,21-8?. The van der Waals surface area contributed by atoms with Gasteiger partial charge in [-0.25, -0.2) is 4.79 Å². The second-order valence-electron chi connectivity index (χ2n) is 6.95. The van der Waals surface area contributed by atoms with Crippen molar-refractivity contribution in [2.24, 2.45) is 5.92 Å². The normalized spacial score (nSPS) is 12.4. The average Bonchev–Trinajstić information content (AvgIpc) is 3.15. The smallest absolute Gasteiger partial charge is 0.379 e. The van der Waals surface area contributed by atoms with Gasteiger partial charge >= 0.3 is 5.63 Å². The van der Waals surface area contributed by atoms with Gasteiger partial charge < -0.3 is 24.6 Å². The lowest BCUT2D eigenvalue weighted by molar-refractivity contribution is 0.0988. The Morgan fingerprint density at radius 2 is 1.97 bits per heavy atom. The Labute approximate surface area is 184 Å². The van der Waals surface area contributed by atoms with Crippen molar-refractivity contribution >= 4 is 33.7 Å². The monoisotopic (exact) mass is 449 g/mol. The highest BCUT2D eigenvalue weighted by Gasteiger charge is 2.24. The Morgan fingerprint density at radius 1 is 1.29 bits per heavy atom. The Balaban J connectivity index is 2.30. The lowest BCUT2D eigenvalue weighted by Crippen LogP contribution is -2.21. The molecule has 2 aromatic heterocycles. The summed E-state index contributed by atoms with van der Waals surface area (Å²) in [6.07, 6.45) is 4.00. The molecule has 2 aromatic rings. The molecule has 0 radical (unpaired) electrons. The highest BCUT2D eigenvalue weighted by molar-refractivity contribution is 7.19. The first kappa shape index (κ1) is 24.2. The molecule has 0 aliphatic carbocycles. The van der Waals surface area contributed by atoms with E-state index < -0.39 is 11.5 Å². The molecule has 0 spiro atoms. The first-order valence-corrected chi connectivity index (χ1v) is 10.4. The number of amides is 1. The summed E-state index contributed by atoms with van der Waals surface area (Å²) in [7, 11) is 3.02. The van der Waals surface area contributed by atoms with Crippen molar-refractivity contribution in [1.82, 2.24) is 10.2 Å². The van der Waals surface area contributed by atoms with Gasteiger partial charge in [-0.05, 0) is 38.7 Å². The van der Waals surface area contributed by atoms with Gasteiger partial charge in [0, 0.05) is 36.8 Å². The molecule has 168 valence electrons. The molecule has 1 atom stereocenters. The summed E-state index contributed by atoms with van der Waals surface area (Å²) >= 11 is 1.11. The fourth-order valence-corrected chi connectivity index (χ4v) is 3.61. The van der Waals surface area contributed by atoms with Crippen LogP contribution in [0.15, 0.2) is 21.0 Å². The summed E-state index contributed by atoms with van der Waals surface area (Å²) in [6, 6.07) is 0. The fraction of sp³-hybridized carbons (Fsp3) is 0.450. The Morgan fingerprint density at radius 3 is 2.58 bits per heavy atom. The van der Waals surface area contributed by atoms with E-state index in [0.29, 0.717) is 35.0 Å². The van der Waals surface area contributed by atoms with Gasteiger partial charge in [0.15, 0.2) is 5.76 Å². The minimum atomic E-state index is -0.717. The van der Waals surface area contributed by atoms with E-state index in [9.17, 15) is 9.59 Å². The van der Waals surface area contributed by atoms with Crippen molar-refractivity contribution in [3.05, 3.63) is 39.1 Å². The highest BCUT2D eigenvalue weighted by atomic mass is 32.1. The number of carbonyl (C=O) groups is 1. The van der Waals surface area contributed by atoms with E-state index in [1.54, 1.807) is 27.0 Å². The zero-order valence-electron chi connectivity index (χ0n) is 18.2. The Kier molecular flexibility index (Phi) is 8.88. The molecule has 0 aliphatic heterocycles. The number of methoxy groups -OCH3 is 2. The summed E-state index contributed by atoms with van der Waals surface area (Å²) in [5.74, 6) is -0.395. The number of hydrogen-bond donors (Lipinski definition) is 3. The summed E-state index contributed by atoms with van der Waals surface area (Å²) in [4.78, 5) is 25.2. The number of aromatic nitrogens is 2. The maximum Gasteiger partial charge on any atom is 0.379 e. The maximum atomic E-state index is 12.9. The van der Waals surface area contributed by atoms with E-state index in [-0.39, 0.29) is 22.6 Å². The van der Waals surface area contributed by atoms with Gasteiger partial charge in [0.2, 0.25) is 16.0 Å². The molecule has 31 heavy (non-hydrogen) atoms. The van der Waals surface area contributed by atoms with Crippen LogP contribution < -0.4 is 21.0 Å². The molecule has 0 aromatic carbocycles. The number of allylic oxidation sites excluding steroid dienone is 2. The summed E-state index contributed by atoms with van der Waals surface area (Å²) in [6.45, 7) is 6.12. The molecule has 1 unspecified atom stereocenters. The Hall–Kier alpha value is -3.05. The maximum absolute atomic E-state index is 12.9. The van der Waals surface area contributed by atoms with Gasteiger partial charge in [0.05, 0.1) is 7.11 Å². The first-order valence-electron chi connectivity index (χ1n) is 9.59. The number of rotatable bonds is 11. The number of nitrogens with one attached hydrogen (secondary N) is 3. The van der Waals surface area contributed by atoms with Crippen LogP contribution in [0.5, 0.6) is 5.75 Å². The minimum absolute atomic E-state index is 0.0721. The van der Waals surface area contributed by atoms with Gasteiger partial charge in [0.25, 0.3) is 5.91 Å². The van der Waals surface area contributed by atoms with Crippen LogP contribution in [0.1, 0.15) is 41.9 Å². The summed E-state index contributed by atoms with van der Waals surface area (Å²) < 4.78 is 15.6. The van der Waals surface area contributed by atoms with Gasteiger partial charge in [-0.1, -0.05) is 18.3 Å². The van der Waals surface area contributed by atoms with Gasteiger partial charge in [-0.2, -0.15) is 0 Å². The zero-order chi connectivity index (χ0) is 23.0. The molecule has 0 saturated heterocycles. The third kappa shape index (κ3) is 6.46. The van der Waals surface area contributed by atoms with E-state index in [1.807, 2.05) is 6.92 Å². The van der Waals surface area contributed by atoms with Gasteiger partial charge in [0.1, 0.15) is 0 Å². The zero-order valence-corrected chi connectivity index (χ0v) is 19.0. The third-order valence-electron chi connectivity index (χ3n) is 4.51. The molecule has 0 aliphatic rings. The van der Waals surface area contributed by atoms with E-state index >= 15 is 0 Å². The second-order valence-corrected chi connectivity index (χ2v) is 7.93. The fourth-order valence-electron chi connectivity index (χ4n) is 2.91. The second kappa shape index (κ2) is 11.4. The van der Waals surface area contributed by atoms with Gasteiger partial charge in [-0.3, -0.25) is 10.1 Å². The third-order valence-corrected chi connectivity index (χ3v) is 5.26. The van der Waals surface area contributed by atoms with Crippen LogP contribution in [0.3, 0.4) is 0 Å².